The molecule has 3 atom stereocenters. The van der Waals surface area contributed by atoms with Gasteiger partial charge in [0.15, 0.2) is 0 Å². The number of nitrogens with zero attached hydrogens (tertiary/aromatic N) is 2. The van der Waals surface area contributed by atoms with E-state index in [0.29, 0.717) is 44.5 Å². The number of likely N-dealkylation sites (tertiary alicyclic amines) is 1. The molecule has 0 spiro atoms. The molecule has 4 rings (SSSR count). The second-order valence-electron chi connectivity index (χ2n) is 9.89. The predicted molar refractivity (Wildman–Crippen MR) is 137 cm³/mol. The maximum absolute atomic E-state index is 13.9. The van der Waals surface area contributed by atoms with Crippen molar-refractivity contribution in [2.45, 2.75) is 44.6 Å². The van der Waals surface area contributed by atoms with Gasteiger partial charge in [-0.3, -0.25) is 9.78 Å². The van der Waals surface area contributed by atoms with E-state index in [0.717, 1.165) is 29.4 Å². The zero-order valence-electron chi connectivity index (χ0n) is 21.1. The summed E-state index contributed by atoms with van der Waals surface area (Å²) in [7, 11) is 1.60. The van der Waals surface area contributed by atoms with Crippen molar-refractivity contribution in [2.75, 3.05) is 26.7 Å². The molecule has 6 nitrogen and oxygen atoms in total. The zero-order chi connectivity index (χ0) is 26.4. The van der Waals surface area contributed by atoms with Gasteiger partial charge in [0.1, 0.15) is 17.4 Å². The average Bonchev–Trinajstić information content (AvgIpc) is 2.88. The van der Waals surface area contributed by atoms with Gasteiger partial charge in [0.05, 0.1) is 18.7 Å². The van der Waals surface area contributed by atoms with E-state index in [1.165, 1.54) is 18.2 Å². The Hall–Kier alpha value is -3.10. The van der Waals surface area contributed by atoms with E-state index in [1.807, 2.05) is 24.3 Å². The Morgan fingerprint density at radius 2 is 1.97 bits per heavy atom. The van der Waals surface area contributed by atoms with Crippen LogP contribution < -0.4 is 4.74 Å². The van der Waals surface area contributed by atoms with E-state index < -0.39 is 23.7 Å². The number of aliphatic hydroxyl groups is 1. The van der Waals surface area contributed by atoms with Crippen LogP contribution in [-0.2, 0) is 11.2 Å². The first-order valence-electron chi connectivity index (χ1n) is 12.8. The number of piperidine rings is 1. The summed E-state index contributed by atoms with van der Waals surface area (Å²) >= 11 is 0. The average molecular weight is 513 g/mol. The van der Waals surface area contributed by atoms with Crippen LogP contribution >= 0.6 is 0 Å². The summed E-state index contributed by atoms with van der Waals surface area (Å²) in [6, 6.07) is 11.3. The van der Waals surface area contributed by atoms with Gasteiger partial charge < -0.3 is 19.8 Å². The number of pyridine rings is 1. The van der Waals surface area contributed by atoms with Gasteiger partial charge in [-0.2, -0.15) is 0 Å². The molecule has 0 saturated carbocycles. The first-order chi connectivity index (χ1) is 17.9. The third kappa shape index (κ3) is 6.81. The maximum Gasteiger partial charge on any atom is 0.303 e. The lowest BCUT2D eigenvalue weighted by atomic mass is 9.79. The fourth-order valence-electron chi connectivity index (χ4n) is 5.54. The fraction of sp³-hybridized carbons (Fsp3) is 0.448. The minimum atomic E-state index is -0.835. The van der Waals surface area contributed by atoms with E-state index in [2.05, 4.69) is 9.88 Å². The molecule has 198 valence electrons. The number of hydrogen-bond acceptors (Lipinski definition) is 5. The molecule has 2 heterocycles. The lowest BCUT2D eigenvalue weighted by Crippen LogP contribution is -2.42. The second-order valence-corrected chi connectivity index (χ2v) is 9.89. The minimum Gasteiger partial charge on any atom is -0.497 e. The molecular weight excluding hydrogens is 478 g/mol. The van der Waals surface area contributed by atoms with Crippen LogP contribution in [0.1, 0.15) is 49.3 Å². The summed E-state index contributed by atoms with van der Waals surface area (Å²) in [6.07, 6.45) is 4.00. The highest BCUT2D eigenvalue weighted by Gasteiger charge is 2.31. The molecule has 2 N–H and O–H groups in total. The standard InChI is InChI=1S/C29H34F2N2O4/c1-37-21-8-9-27-24(17-21)22(11-13-32-27)28(34)10-7-19-12-15-33(18-20(19)16-29(35)36)14-3-4-23-25(30)5-2-6-26(23)31/h2,5-6,8-9,11,13,17,19-20,28,34H,3-4,7,10,12,14-16,18H2,1H3,(H,35,36)/t19-,20+,28?/m1/s1. The van der Waals surface area contributed by atoms with E-state index in [-0.39, 0.29) is 23.8 Å². The number of benzene rings is 2. The Morgan fingerprint density at radius 3 is 2.70 bits per heavy atom. The van der Waals surface area contributed by atoms with Crippen molar-refractivity contribution >= 4 is 16.9 Å². The highest BCUT2D eigenvalue weighted by Crippen LogP contribution is 2.35. The maximum atomic E-state index is 13.9. The number of carboxylic acids is 1. The molecule has 1 aromatic heterocycles. The number of aliphatic hydroxyl groups excluding tert-OH is 1. The third-order valence-corrected chi connectivity index (χ3v) is 7.53. The first kappa shape index (κ1) is 26.9. The SMILES string of the molecule is COc1ccc2nccc(C(O)CC[C@@H]3CCN(CCCc4c(F)cccc4F)C[C@@H]3CC(=O)O)c2c1. The van der Waals surface area contributed by atoms with Gasteiger partial charge in [-0.05, 0) is 99.0 Å². The van der Waals surface area contributed by atoms with Gasteiger partial charge in [-0.1, -0.05) is 6.07 Å². The molecule has 0 aliphatic carbocycles. The Morgan fingerprint density at radius 1 is 1.19 bits per heavy atom. The fourth-order valence-corrected chi connectivity index (χ4v) is 5.54. The van der Waals surface area contributed by atoms with Crippen molar-refractivity contribution in [2.24, 2.45) is 11.8 Å². The minimum absolute atomic E-state index is 0.0436. The number of aromatic nitrogens is 1. The smallest absolute Gasteiger partial charge is 0.303 e. The third-order valence-electron chi connectivity index (χ3n) is 7.53. The van der Waals surface area contributed by atoms with Crippen molar-refractivity contribution in [3.8, 4) is 5.75 Å². The number of fused-ring (bicyclic) bond motifs is 1. The summed E-state index contributed by atoms with van der Waals surface area (Å²) in [4.78, 5) is 18.2. The zero-order valence-corrected chi connectivity index (χ0v) is 21.1. The molecule has 3 aromatic rings. The van der Waals surface area contributed by atoms with Crippen LogP contribution in [0, 0.1) is 23.5 Å². The van der Waals surface area contributed by atoms with Crippen LogP contribution in [-0.4, -0.2) is 52.8 Å². The molecule has 37 heavy (non-hydrogen) atoms. The molecule has 8 heteroatoms. The summed E-state index contributed by atoms with van der Waals surface area (Å²) in [5, 5.41) is 21.4. The number of ether oxygens (including phenoxy) is 1. The molecule has 0 bridgehead atoms. The van der Waals surface area contributed by atoms with Gasteiger partial charge in [-0.25, -0.2) is 8.78 Å². The predicted octanol–water partition coefficient (Wildman–Crippen LogP) is 5.38. The van der Waals surface area contributed by atoms with Gasteiger partial charge in [0.25, 0.3) is 0 Å². The van der Waals surface area contributed by atoms with Crippen LogP contribution in [0.4, 0.5) is 8.78 Å². The molecule has 1 fully saturated rings. The van der Waals surface area contributed by atoms with Crippen molar-refractivity contribution in [1.82, 2.24) is 9.88 Å². The van der Waals surface area contributed by atoms with Crippen LogP contribution in [0.15, 0.2) is 48.7 Å². The highest BCUT2D eigenvalue weighted by atomic mass is 19.1. The topological polar surface area (TPSA) is 82.9 Å². The Labute approximate surface area is 215 Å². The van der Waals surface area contributed by atoms with Crippen LogP contribution in [0.3, 0.4) is 0 Å². The van der Waals surface area contributed by atoms with E-state index in [4.69, 9.17) is 4.74 Å². The molecule has 1 saturated heterocycles. The molecule has 0 radical (unpaired) electrons. The van der Waals surface area contributed by atoms with Crippen molar-refractivity contribution < 1.29 is 28.5 Å². The second kappa shape index (κ2) is 12.4. The van der Waals surface area contributed by atoms with Crippen LogP contribution in [0.25, 0.3) is 10.9 Å². The van der Waals surface area contributed by atoms with Gasteiger partial charge in [0, 0.05) is 30.1 Å². The first-order valence-corrected chi connectivity index (χ1v) is 12.8. The summed E-state index contributed by atoms with van der Waals surface area (Å²) in [5.41, 5.74) is 1.68. The normalized spacial score (nSPS) is 19.1. The summed E-state index contributed by atoms with van der Waals surface area (Å²) in [6.45, 7) is 2.08. The van der Waals surface area contributed by atoms with Crippen molar-refractivity contribution in [3.05, 3.63) is 71.4 Å². The largest absolute Gasteiger partial charge is 0.497 e. The molecule has 2 aromatic carbocycles. The molecule has 0 amide bonds. The monoisotopic (exact) mass is 512 g/mol. The van der Waals surface area contributed by atoms with Crippen LogP contribution in [0.2, 0.25) is 0 Å². The number of halogens is 2. The lowest BCUT2D eigenvalue weighted by Gasteiger charge is -2.38. The summed E-state index contributed by atoms with van der Waals surface area (Å²) < 4.78 is 33.2. The van der Waals surface area contributed by atoms with E-state index >= 15 is 0 Å². The lowest BCUT2D eigenvalue weighted by molar-refractivity contribution is -0.139. The molecular formula is C29H34F2N2O4. The number of aliphatic carboxylic acids is 1. The van der Waals surface area contributed by atoms with Crippen molar-refractivity contribution in [3.63, 3.8) is 0 Å². The quantitative estimate of drug-likeness (QED) is 0.359. The number of carboxylic acid groups (broad SMARTS) is 1. The highest BCUT2D eigenvalue weighted by molar-refractivity contribution is 5.83. The number of methoxy groups -OCH3 is 1. The molecule has 1 aliphatic heterocycles. The van der Waals surface area contributed by atoms with Gasteiger partial charge in [0.2, 0.25) is 0 Å². The van der Waals surface area contributed by atoms with E-state index in [1.54, 1.807) is 13.3 Å². The Kier molecular flexibility index (Phi) is 9.05. The molecule has 1 unspecified atom stereocenters. The van der Waals surface area contributed by atoms with E-state index in [9.17, 15) is 23.8 Å². The molecule has 1 aliphatic rings. The van der Waals surface area contributed by atoms with Crippen molar-refractivity contribution in [1.29, 1.82) is 0 Å². The van der Waals surface area contributed by atoms with Gasteiger partial charge in [-0.15, -0.1) is 0 Å². The summed E-state index contributed by atoms with van der Waals surface area (Å²) in [5.74, 6) is -1.06. The Balaban J connectivity index is 1.35. The number of rotatable bonds is 11. The Bertz CT molecular complexity index is 1200. The number of hydrogen-bond donors (Lipinski definition) is 2. The van der Waals surface area contributed by atoms with Crippen LogP contribution in [0.5, 0.6) is 5.75 Å². The number of carbonyl (C=O) groups is 1. The van der Waals surface area contributed by atoms with Gasteiger partial charge >= 0.3 is 5.97 Å².